The standard InChI is InChI=1S/C24H25N3O5/c1-16(28)25-11-13-26(14-12-25)21(23(29)30)20-18-9-5-6-10-19(18)27(22(20)24(31)32)15-17-7-3-2-4-8-17/h2-10,21H,11-15H2,1H3,(H,29,30)(H,31,32)/t21-/m1/s1. The Morgan fingerprint density at radius 2 is 1.53 bits per heavy atom. The maximum atomic E-state index is 12.5. The molecule has 1 aliphatic heterocycles. The largest absolute Gasteiger partial charge is 0.480 e. The molecule has 1 atom stereocenters. The predicted molar refractivity (Wildman–Crippen MR) is 119 cm³/mol. The van der Waals surface area contributed by atoms with Crippen LogP contribution in [0.25, 0.3) is 10.9 Å². The highest BCUT2D eigenvalue weighted by Crippen LogP contribution is 2.35. The number of carbonyl (C=O) groups excluding carboxylic acids is 1. The van der Waals surface area contributed by atoms with Crippen LogP contribution in [0, 0.1) is 0 Å². The molecule has 0 bridgehead atoms. The molecule has 0 saturated carbocycles. The molecule has 1 fully saturated rings. The first-order chi connectivity index (χ1) is 15.4. The first kappa shape index (κ1) is 21.6. The topological polar surface area (TPSA) is 103 Å². The number of piperazine rings is 1. The SMILES string of the molecule is CC(=O)N1CCN([C@@H](C(=O)O)c2c(C(=O)O)n(Cc3ccccc3)c3ccccc23)CC1. The molecule has 0 aliphatic carbocycles. The highest BCUT2D eigenvalue weighted by atomic mass is 16.4. The van der Waals surface area contributed by atoms with E-state index in [1.165, 1.54) is 6.92 Å². The smallest absolute Gasteiger partial charge is 0.352 e. The fourth-order valence-electron chi connectivity index (χ4n) is 4.53. The van der Waals surface area contributed by atoms with E-state index in [2.05, 4.69) is 0 Å². The minimum absolute atomic E-state index is 0.0172. The van der Waals surface area contributed by atoms with Crippen LogP contribution in [0.2, 0.25) is 0 Å². The molecular formula is C24H25N3O5. The van der Waals surface area contributed by atoms with Crippen molar-refractivity contribution in [3.63, 3.8) is 0 Å². The van der Waals surface area contributed by atoms with Crippen LogP contribution in [-0.2, 0) is 16.1 Å². The zero-order valence-electron chi connectivity index (χ0n) is 17.8. The molecule has 2 aromatic carbocycles. The average molecular weight is 435 g/mol. The fourth-order valence-corrected chi connectivity index (χ4v) is 4.53. The van der Waals surface area contributed by atoms with Gasteiger partial charge in [-0.25, -0.2) is 4.79 Å². The van der Waals surface area contributed by atoms with E-state index < -0.39 is 18.0 Å². The number of amides is 1. The summed E-state index contributed by atoms with van der Waals surface area (Å²) in [5, 5.41) is 21.0. The van der Waals surface area contributed by atoms with Crippen molar-refractivity contribution in [3.05, 3.63) is 71.4 Å². The second-order valence-electron chi connectivity index (χ2n) is 7.94. The number of para-hydroxylation sites is 1. The summed E-state index contributed by atoms with van der Waals surface area (Å²) >= 11 is 0. The Morgan fingerprint density at radius 3 is 2.12 bits per heavy atom. The van der Waals surface area contributed by atoms with E-state index in [9.17, 15) is 24.6 Å². The Kier molecular flexibility index (Phi) is 5.96. The van der Waals surface area contributed by atoms with Crippen LogP contribution in [-0.4, -0.2) is 68.6 Å². The number of hydrogen-bond acceptors (Lipinski definition) is 4. The zero-order chi connectivity index (χ0) is 22.8. The summed E-state index contributed by atoms with van der Waals surface area (Å²) in [6.45, 7) is 3.33. The van der Waals surface area contributed by atoms with Crippen molar-refractivity contribution in [2.75, 3.05) is 26.2 Å². The number of fused-ring (bicyclic) bond motifs is 1. The van der Waals surface area contributed by atoms with E-state index in [0.717, 1.165) is 5.56 Å². The normalized spacial score (nSPS) is 15.6. The summed E-state index contributed by atoms with van der Waals surface area (Å²) in [7, 11) is 0. The van der Waals surface area contributed by atoms with Crippen LogP contribution in [0.1, 0.15) is 34.6 Å². The van der Waals surface area contributed by atoms with Crippen molar-refractivity contribution in [1.29, 1.82) is 0 Å². The lowest BCUT2D eigenvalue weighted by Gasteiger charge is -2.37. The summed E-state index contributed by atoms with van der Waals surface area (Å²) in [5.74, 6) is -2.32. The van der Waals surface area contributed by atoms with Gasteiger partial charge in [0.1, 0.15) is 11.7 Å². The Hall–Kier alpha value is -3.65. The fraction of sp³-hybridized carbons (Fsp3) is 0.292. The van der Waals surface area contributed by atoms with Gasteiger partial charge in [0, 0.05) is 56.1 Å². The van der Waals surface area contributed by atoms with E-state index >= 15 is 0 Å². The molecule has 0 unspecified atom stereocenters. The van der Waals surface area contributed by atoms with Gasteiger partial charge in [-0.15, -0.1) is 0 Å². The number of hydrogen-bond donors (Lipinski definition) is 2. The van der Waals surface area contributed by atoms with Crippen LogP contribution in [0.3, 0.4) is 0 Å². The van der Waals surface area contributed by atoms with Crippen LogP contribution < -0.4 is 0 Å². The minimum atomic E-state index is -1.17. The van der Waals surface area contributed by atoms with Gasteiger partial charge in [0.15, 0.2) is 0 Å². The first-order valence-corrected chi connectivity index (χ1v) is 10.5. The van der Waals surface area contributed by atoms with Crippen LogP contribution in [0.15, 0.2) is 54.6 Å². The van der Waals surface area contributed by atoms with Gasteiger partial charge in [0.05, 0.1) is 0 Å². The van der Waals surface area contributed by atoms with Crippen molar-refractivity contribution in [2.24, 2.45) is 0 Å². The number of aromatic nitrogens is 1. The average Bonchev–Trinajstić information content (AvgIpc) is 3.09. The predicted octanol–water partition coefficient (Wildman–Crippen LogP) is 2.68. The third-order valence-electron chi connectivity index (χ3n) is 6.03. The molecule has 8 heteroatoms. The number of rotatable bonds is 6. The summed E-state index contributed by atoms with van der Waals surface area (Å²) < 4.78 is 1.68. The zero-order valence-corrected chi connectivity index (χ0v) is 17.8. The summed E-state index contributed by atoms with van der Waals surface area (Å²) in [5.41, 5.74) is 1.87. The minimum Gasteiger partial charge on any atom is -0.480 e. The third kappa shape index (κ3) is 3.97. The molecule has 1 amide bonds. The molecular weight excluding hydrogens is 410 g/mol. The first-order valence-electron chi connectivity index (χ1n) is 10.5. The number of benzene rings is 2. The van der Waals surface area contributed by atoms with Gasteiger partial charge in [-0.1, -0.05) is 48.5 Å². The van der Waals surface area contributed by atoms with E-state index in [1.807, 2.05) is 42.5 Å². The lowest BCUT2D eigenvalue weighted by molar-refractivity contribution is -0.144. The summed E-state index contributed by atoms with van der Waals surface area (Å²) in [6, 6.07) is 15.6. The second-order valence-corrected chi connectivity index (χ2v) is 7.94. The van der Waals surface area contributed by atoms with Crippen LogP contribution in [0.4, 0.5) is 0 Å². The molecule has 0 radical (unpaired) electrons. The quantitative estimate of drug-likeness (QED) is 0.617. The highest BCUT2D eigenvalue weighted by Gasteiger charge is 2.37. The van der Waals surface area contributed by atoms with Gasteiger partial charge in [-0.3, -0.25) is 14.5 Å². The number of carboxylic acid groups (broad SMARTS) is 2. The van der Waals surface area contributed by atoms with Gasteiger partial charge >= 0.3 is 11.9 Å². The Bertz CT molecular complexity index is 1160. The van der Waals surface area contributed by atoms with Crippen LogP contribution >= 0.6 is 0 Å². The number of aliphatic carboxylic acids is 1. The molecule has 1 aliphatic rings. The van der Waals surface area contributed by atoms with Gasteiger partial charge in [-0.2, -0.15) is 0 Å². The van der Waals surface area contributed by atoms with Gasteiger partial charge in [0.25, 0.3) is 0 Å². The number of carbonyl (C=O) groups is 3. The van der Waals surface area contributed by atoms with Crippen molar-refractivity contribution < 1.29 is 24.6 Å². The molecule has 166 valence electrons. The highest BCUT2D eigenvalue weighted by molar-refractivity contribution is 6.01. The maximum Gasteiger partial charge on any atom is 0.352 e. The van der Waals surface area contributed by atoms with Gasteiger partial charge in [0.2, 0.25) is 5.91 Å². The number of aromatic carboxylic acids is 1. The number of nitrogens with zero attached hydrogens (tertiary/aromatic N) is 3. The van der Waals surface area contributed by atoms with E-state index in [0.29, 0.717) is 43.6 Å². The third-order valence-corrected chi connectivity index (χ3v) is 6.03. The molecule has 8 nitrogen and oxygen atoms in total. The van der Waals surface area contributed by atoms with E-state index in [4.69, 9.17) is 0 Å². The Labute approximate surface area is 185 Å². The number of carboxylic acids is 2. The molecule has 1 saturated heterocycles. The molecule has 0 spiro atoms. The van der Waals surface area contributed by atoms with Crippen molar-refractivity contribution in [2.45, 2.75) is 19.5 Å². The summed E-state index contributed by atoms with van der Waals surface area (Å²) in [4.78, 5) is 40.1. The molecule has 2 N–H and O–H groups in total. The van der Waals surface area contributed by atoms with Gasteiger partial charge < -0.3 is 19.7 Å². The molecule has 4 rings (SSSR count). The monoisotopic (exact) mass is 435 g/mol. The second kappa shape index (κ2) is 8.84. The molecule has 2 heterocycles. The summed E-state index contributed by atoms with van der Waals surface area (Å²) in [6.07, 6.45) is 0. The molecule has 3 aromatic rings. The molecule has 32 heavy (non-hydrogen) atoms. The van der Waals surface area contributed by atoms with E-state index in [1.54, 1.807) is 26.5 Å². The Balaban J connectivity index is 1.85. The Morgan fingerprint density at radius 1 is 0.906 bits per heavy atom. The lowest BCUT2D eigenvalue weighted by atomic mass is 10.00. The maximum absolute atomic E-state index is 12.5. The van der Waals surface area contributed by atoms with Crippen LogP contribution in [0.5, 0.6) is 0 Å². The van der Waals surface area contributed by atoms with Crippen molar-refractivity contribution in [1.82, 2.24) is 14.4 Å². The van der Waals surface area contributed by atoms with Gasteiger partial charge in [-0.05, 0) is 11.6 Å². The van der Waals surface area contributed by atoms with Crippen molar-refractivity contribution >= 4 is 28.7 Å². The molecule has 1 aromatic heterocycles. The lowest BCUT2D eigenvalue weighted by Crippen LogP contribution is -2.50. The van der Waals surface area contributed by atoms with E-state index in [-0.39, 0.29) is 17.2 Å². The van der Waals surface area contributed by atoms with Crippen molar-refractivity contribution in [3.8, 4) is 0 Å².